The number of ether oxygens (including phenoxy) is 1. The highest BCUT2D eigenvalue weighted by molar-refractivity contribution is 6.04. The van der Waals surface area contributed by atoms with Crippen LogP contribution in [0.15, 0.2) is 0 Å². The first kappa shape index (κ1) is 17.8. The molecular weight excluding hydrogens is 244 g/mol. The van der Waals surface area contributed by atoms with Crippen molar-refractivity contribution in [2.45, 2.75) is 54.4 Å². The molecule has 0 bridgehead atoms. The average molecular weight is 270 g/mol. The lowest BCUT2D eigenvalue weighted by Gasteiger charge is -2.23. The Kier molecular flexibility index (Phi) is 6.95. The quantitative estimate of drug-likeness (QED) is 0.527. The summed E-state index contributed by atoms with van der Waals surface area (Å²) in [5.74, 6) is -1.98. The van der Waals surface area contributed by atoms with E-state index in [9.17, 15) is 14.4 Å². The molecule has 0 heterocycles. The summed E-state index contributed by atoms with van der Waals surface area (Å²) < 4.78 is 4.92. The van der Waals surface area contributed by atoms with E-state index in [1.165, 1.54) is 0 Å². The predicted molar refractivity (Wildman–Crippen MR) is 73.7 cm³/mol. The second-order valence-electron chi connectivity index (χ2n) is 5.90. The summed E-state index contributed by atoms with van der Waals surface area (Å²) >= 11 is 0. The van der Waals surface area contributed by atoms with Crippen LogP contribution in [-0.2, 0) is 19.1 Å². The van der Waals surface area contributed by atoms with Gasteiger partial charge in [0.1, 0.15) is 11.7 Å². The van der Waals surface area contributed by atoms with Crippen molar-refractivity contribution in [3.05, 3.63) is 0 Å². The van der Waals surface area contributed by atoms with Gasteiger partial charge >= 0.3 is 5.97 Å². The second-order valence-corrected chi connectivity index (χ2v) is 5.90. The van der Waals surface area contributed by atoms with Gasteiger partial charge in [0.05, 0.1) is 6.61 Å². The van der Waals surface area contributed by atoms with Gasteiger partial charge < -0.3 is 4.74 Å². The van der Waals surface area contributed by atoms with Gasteiger partial charge in [0.2, 0.25) is 0 Å². The maximum Gasteiger partial charge on any atom is 0.316 e. The molecule has 0 rings (SSSR count). The number of hydrogen-bond donors (Lipinski definition) is 0. The van der Waals surface area contributed by atoms with Crippen LogP contribution in [-0.4, -0.2) is 24.1 Å². The molecule has 4 heteroatoms. The molecule has 0 amide bonds. The third-order valence-corrected chi connectivity index (χ3v) is 3.19. The highest BCUT2D eigenvalue weighted by atomic mass is 16.5. The number of Topliss-reactive ketones (excluding diaryl/α,β-unsaturated/α-hetero) is 2. The van der Waals surface area contributed by atoms with Crippen LogP contribution in [0.4, 0.5) is 0 Å². The van der Waals surface area contributed by atoms with Crippen LogP contribution in [0.25, 0.3) is 0 Å². The normalized spacial score (nSPS) is 14.6. The Morgan fingerprint density at radius 3 is 2.00 bits per heavy atom. The number of carbonyl (C=O) groups excluding carboxylic acids is 3. The first-order chi connectivity index (χ1) is 8.65. The highest BCUT2D eigenvalue weighted by Crippen LogP contribution is 2.25. The van der Waals surface area contributed by atoms with E-state index in [2.05, 4.69) is 0 Å². The van der Waals surface area contributed by atoms with E-state index in [0.29, 0.717) is 6.42 Å². The van der Waals surface area contributed by atoms with Crippen molar-refractivity contribution < 1.29 is 19.1 Å². The van der Waals surface area contributed by atoms with Crippen molar-refractivity contribution in [1.29, 1.82) is 0 Å². The van der Waals surface area contributed by atoms with Crippen LogP contribution >= 0.6 is 0 Å². The van der Waals surface area contributed by atoms with Crippen molar-refractivity contribution in [1.82, 2.24) is 0 Å². The Morgan fingerprint density at radius 2 is 1.63 bits per heavy atom. The summed E-state index contributed by atoms with van der Waals surface area (Å²) in [4.78, 5) is 36.1. The minimum atomic E-state index is -0.971. The van der Waals surface area contributed by atoms with E-state index in [0.717, 1.165) is 0 Å². The minimum Gasteiger partial charge on any atom is -0.465 e. The van der Waals surface area contributed by atoms with Crippen LogP contribution in [0, 0.1) is 17.3 Å². The zero-order valence-electron chi connectivity index (χ0n) is 12.9. The topological polar surface area (TPSA) is 60.4 Å². The number of carbonyl (C=O) groups is 3. The van der Waals surface area contributed by atoms with Gasteiger partial charge in [-0.2, -0.15) is 0 Å². The molecule has 0 aromatic heterocycles. The summed E-state index contributed by atoms with van der Waals surface area (Å²) in [6, 6.07) is 0. The molecule has 2 atom stereocenters. The van der Waals surface area contributed by atoms with Gasteiger partial charge in [-0.15, -0.1) is 0 Å². The monoisotopic (exact) mass is 270 g/mol. The molecule has 110 valence electrons. The van der Waals surface area contributed by atoms with Gasteiger partial charge in [-0.05, 0) is 13.3 Å². The number of ketones is 2. The third kappa shape index (κ3) is 5.53. The number of esters is 1. The minimum absolute atomic E-state index is 0.0516. The van der Waals surface area contributed by atoms with Crippen molar-refractivity contribution >= 4 is 17.5 Å². The molecule has 4 nitrogen and oxygen atoms in total. The SMILES string of the molecule is CCOC(=O)C(CC(=O)C(C)CC)C(=O)C(C)(C)C. The fourth-order valence-corrected chi connectivity index (χ4v) is 1.68. The molecule has 0 aromatic rings. The molecule has 0 fully saturated rings. The van der Waals surface area contributed by atoms with Gasteiger partial charge in [0.15, 0.2) is 5.78 Å². The Labute approximate surface area is 115 Å². The molecule has 0 aliphatic heterocycles. The smallest absolute Gasteiger partial charge is 0.316 e. The first-order valence-electron chi connectivity index (χ1n) is 6.88. The molecule has 19 heavy (non-hydrogen) atoms. The van der Waals surface area contributed by atoms with Crippen molar-refractivity contribution in [3.63, 3.8) is 0 Å². The average Bonchev–Trinajstić information content (AvgIpc) is 2.32. The number of hydrogen-bond acceptors (Lipinski definition) is 4. The lowest BCUT2D eigenvalue weighted by atomic mass is 9.79. The van der Waals surface area contributed by atoms with E-state index < -0.39 is 17.3 Å². The predicted octanol–water partition coefficient (Wildman–Crippen LogP) is 2.79. The van der Waals surface area contributed by atoms with Crippen LogP contribution in [0.1, 0.15) is 54.4 Å². The summed E-state index contributed by atoms with van der Waals surface area (Å²) in [7, 11) is 0. The summed E-state index contributed by atoms with van der Waals surface area (Å²) in [5.41, 5.74) is -0.660. The lowest BCUT2D eigenvalue weighted by Crippen LogP contribution is -2.37. The van der Waals surface area contributed by atoms with Gasteiger partial charge in [-0.25, -0.2) is 0 Å². The third-order valence-electron chi connectivity index (χ3n) is 3.19. The fraction of sp³-hybridized carbons (Fsp3) is 0.800. The molecule has 0 spiro atoms. The summed E-state index contributed by atoms with van der Waals surface area (Å²) in [6.45, 7) is 10.9. The highest BCUT2D eigenvalue weighted by Gasteiger charge is 2.37. The Bertz CT molecular complexity index is 339. The maximum absolute atomic E-state index is 12.3. The van der Waals surface area contributed by atoms with Crippen molar-refractivity contribution in [2.24, 2.45) is 17.3 Å². The van der Waals surface area contributed by atoms with Crippen LogP contribution in [0.5, 0.6) is 0 Å². The van der Waals surface area contributed by atoms with Gasteiger partial charge in [-0.1, -0.05) is 34.6 Å². The van der Waals surface area contributed by atoms with Gasteiger partial charge in [-0.3, -0.25) is 14.4 Å². The zero-order valence-corrected chi connectivity index (χ0v) is 12.9. The van der Waals surface area contributed by atoms with Crippen LogP contribution in [0.3, 0.4) is 0 Å². The molecule has 0 aliphatic rings. The fourth-order valence-electron chi connectivity index (χ4n) is 1.68. The standard InChI is InChI=1S/C15H26O4/c1-7-10(3)12(16)9-11(14(18)19-8-2)13(17)15(4,5)6/h10-11H,7-9H2,1-6H3. The molecule has 0 aliphatic carbocycles. The zero-order chi connectivity index (χ0) is 15.2. The van der Waals surface area contributed by atoms with E-state index in [1.54, 1.807) is 27.7 Å². The van der Waals surface area contributed by atoms with E-state index in [1.807, 2.05) is 13.8 Å². The Hall–Kier alpha value is -1.19. The molecule has 2 unspecified atom stereocenters. The Morgan fingerprint density at radius 1 is 1.11 bits per heavy atom. The Balaban J connectivity index is 5.03. The van der Waals surface area contributed by atoms with Crippen LogP contribution < -0.4 is 0 Å². The summed E-state index contributed by atoms with van der Waals surface area (Å²) in [6.07, 6.45) is 0.655. The second kappa shape index (κ2) is 7.41. The van der Waals surface area contributed by atoms with Gasteiger partial charge in [0, 0.05) is 17.8 Å². The van der Waals surface area contributed by atoms with Crippen molar-refractivity contribution in [2.75, 3.05) is 6.61 Å². The molecule has 0 radical (unpaired) electrons. The van der Waals surface area contributed by atoms with Crippen molar-refractivity contribution in [3.8, 4) is 0 Å². The van der Waals surface area contributed by atoms with E-state index >= 15 is 0 Å². The largest absolute Gasteiger partial charge is 0.465 e. The van der Waals surface area contributed by atoms with Gasteiger partial charge in [0.25, 0.3) is 0 Å². The molecule has 0 N–H and O–H groups in total. The summed E-state index contributed by atoms with van der Waals surface area (Å²) in [5, 5.41) is 0. The van der Waals surface area contributed by atoms with E-state index in [4.69, 9.17) is 4.74 Å². The maximum atomic E-state index is 12.3. The number of rotatable bonds is 7. The molecule has 0 saturated heterocycles. The molecule has 0 saturated carbocycles. The molecule has 0 aromatic carbocycles. The first-order valence-corrected chi connectivity index (χ1v) is 6.88. The van der Waals surface area contributed by atoms with Crippen LogP contribution in [0.2, 0.25) is 0 Å². The molecular formula is C15H26O4. The van der Waals surface area contributed by atoms with E-state index in [-0.39, 0.29) is 30.5 Å². The lowest BCUT2D eigenvalue weighted by molar-refractivity contribution is -0.155.